The van der Waals surface area contributed by atoms with Crippen molar-refractivity contribution in [1.29, 1.82) is 0 Å². The number of nitrogens with one attached hydrogen (secondary N) is 1. The zero-order chi connectivity index (χ0) is 18.4. The number of carbonyl (C=O) groups excluding carboxylic acids is 1. The lowest BCUT2D eigenvalue weighted by Gasteiger charge is -2.29. The molecule has 8 heteroatoms. The van der Waals surface area contributed by atoms with E-state index >= 15 is 0 Å². The molecule has 7 nitrogen and oxygen atoms in total. The zero-order valence-electron chi connectivity index (χ0n) is 14.6. The van der Waals surface area contributed by atoms with E-state index in [1.807, 2.05) is 17.5 Å². The van der Waals surface area contributed by atoms with Crippen LogP contribution in [0.25, 0.3) is 10.7 Å². The fraction of sp³-hybridized carbons (Fsp3) is 0.556. The molecule has 3 rings (SSSR count). The van der Waals surface area contributed by atoms with Crippen molar-refractivity contribution in [3.05, 3.63) is 23.4 Å². The van der Waals surface area contributed by atoms with Gasteiger partial charge in [0.1, 0.15) is 5.54 Å². The summed E-state index contributed by atoms with van der Waals surface area (Å²) in [5, 5.41) is 18.3. The highest BCUT2D eigenvalue weighted by Crippen LogP contribution is 2.28. The minimum atomic E-state index is -1.11. The Morgan fingerprint density at radius 2 is 2.04 bits per heavy atom. The molecule has 0 aromatic carbocycles. The van der Waals surface area contributed by atoms with Gasteiger partial charge >= 0.3 is 5.97 Å². The molecular formula is C18H23N3O4S. The van der Waals surface area contributed by atoms with E-state index in [9.17, 15) is 14.7 Å². The third kappa shape index (κ3) is 4.49. The standard InChI is InChI=1S/C18H23N3O4S/c22-14(20-18(17(23)24)10-3-1-2-4-11-18)8-5-9-15-19-16(21-25-15)13-7-6-12-26-13/h6-7,12H,1-5,8-11H2,(H,20,22)(H,23,24). The van der Waals surface area contributed by atoms with Crippen LogP contribution in [0.15, 0.2) is 22.0 Å². The molecule has 0 bridgehead atoms. The third-order valence-corrected chi connectivity index (χ3v) is 5.62. The number of nitrogens with zero attached hydrogens (tertiary/aromatic N) is 2. The van der Waals surface area contributed by atoms with Gasteiger partial charge in [0, 0.05) is 12.8 Å². The second-order valence-corrected chi connectivity index (χ2v) is 7.64. The summed E-state index contributed by atoms with van der Waals surface area (Å²) in [6.07, 6.45) is 5.98. The molecule has 0 saturated heterocycles. The fourth-order valence-electron chi connectivity index (χ4n) is 3.32. The SMILES string of the molecule is O=C(CCCc1nc(-c2cccs2)no1)NC1(C(=O)O)CCCCCC1. The predicted molar refractivity (Wildman–Crippen MR) is 96.8 cm³/mol. The van der Waals surface area contributed by atoms with Gasteiger partial charge in [-0.15, -0.1) is 11.3 Å². The maximum absolute atomic E-state index is 12.3. The summed E-state index contributed by atoms with van der Waals surface area (Å²) in [6.45, 7) is 0. The molecule has 1 fully saturated rings. The van der Waals surface area contributed by atoms with Gasteiger partial charge in [0.05, 0.1) is 4.88 Å². The lowest BCUT2D eigenvalue weighted by Crippen LogP contribution is -2.54. The molecule has 1 aliphatic rings. The van der Waals surface area contributed by atoms with Crippen molar-refractivity contribution in [3.8, 4) is 10.7 Å². The molecule has 2 heterocycles. The van der Waals surface area contributed by atoms with Gasteiger partial charge < -0.3 is 14.9 Å². The third-order valence-electron chi connectivity index (χ3n) is 4.75. The minimum Gasteiger partial charge on any atom is -0.480 e. The number of rotatable bonds is 7. The molecule has 140 valence electrons. The summed E-state index contributed by atoms with van der Waals surface area (Å²) in [6, 6.07) is 3.84. The summed E-state index contributed by atoms with van der Waals surface area (Å²) in [5.41, 5.74) is -1.11. The van der Waals surface area contributed by atoms with Crippen LogP contribution >= 0.6 is 11.3 Å². The van der Waals surface area contributed by atoms with E-state index in [-0.39, 0.29) is 12.3 Å². The molecule has 0 aliphatic heterocycles. The van der Waals surface area contributed by atoms with Gasteiger partial charge in [-0.1, -0.05) is 36.9 Å². The van der Waals surface area contributed by atoms with Crippen molar-refractivity contribution in [2.45, 2.75) is 63.3 Å². The van der Waals surface area contributed by atoms with Crippen molar-refractivity contribution < 1.29 is 19.2 Å². The topological polar surface area (TPSA) is 105 Å². The van der Waals surface area contributed by atoms with Crippen LogP contribution < -0.4 is 5.32 Å². The Balaban J connectivity index is 1.50. The minimum absolute atomic E-state index is 0.229. The number of carboxylic acids is 1. The van der Waals surface area contributed by atoms with Crippen LogP contribution in [0.4, 0.5) is 0 Å². The monoisotopic (exact) mass is 377 g/mol. The summed E-state index contributed by atoms with van der Waals surface area (Å²) in [4.78, 5) is 29.3. The fourth-order valence-corrected chi connectivity index (χ4v) is 3.97. The van der Waals surface area contributed by atoms with Gasteiger partial charge in [0.2, 0.25) is 17.6 Å². The van der Waals surface area contributed by atoms with E-state index in [0.29, 0.717) is 37.4 Å². The van der Waals surface area contributed by atoms with Crippen LogP contribution in [-0.2, 0) is 16.0 Å². The summed E-state index contributed by atoms with van der Waals surface area (Å²) >= 11 is 1.54. The Morgan fingerprint density at radius 3 is 2.69 bits per heavy atom. The molecule has 2 aromatic rings. The average Bonchev–Trinajstić information content (AvgIpc) is 3.24. The Labute approximate surface area is 155 Å². The van der Waals surface area contributed by atoms with Crippen molar-refractivity contribution in [1.82, 2.24) is 15.5 Å². The number of aliphatic carboxylic acids is 1. The molecule has 0 unspecified atom stereocenters. The molecular weight excluding hydrogens is 354 g/mol. The Kier molecular flexibility index (Phi) is 6.03. The molecule has 1 amide bonds. The van der Waals surface area contributed by atoms with E-state index in [4.69, 9.17) is 4.52 Å². The molecule has 2 aromatic heterocycles. The molecule has 0 spiro atoms. The summed E-state index contributed by atoms with van der Waals surface area (Å²) in [5.74, 6) is -0.108. The van der Waals surface area contributed by atoms with Crippen LogP contribution in [0.5, 0.6) is 0 Å². The van der Waals surface area contributed by atoms with Gasteiger partial charge in [-0.3, -0.25) is 4.79 Å². The van der Waals surface area contributed by atoms with Crippen LogP contribution in [0.1, 0.15) is 57.3 Å². The first-order valence-electron chi connectivity index (χ1n) is 9.00. The van der Waals surface area contributed by atoms with E-state index in [1.54, 1.807) is 0 Å². The van der Waals surface area contributed by atoms with Gasteiger partial charge in [-0.25, -0.2) is 4.79 Å². The van der Waals surface area contributed by atoms with Crippen molar-refractivity contribution in [2.75, 3.05) is 0 Å². The summed E-state index contributed by atoms with van der Waals surface area (Å²) < 4.78 is 5.21. The van der Waals surface area contributed by atoms with Gasteiger partial charge in [-0.05, 0) is 30.7 Å². The quantitative estimate of drug-likeness (QED) is 0.716. The molecule has 0 radical (unpaired) electrons. The van der Waals surface area contributed by atoms with E-state index in [1.165, 1.54) is 11.3 Å². The maximum atomic E-state index is 12.3. The van der Waals surface area contributed by atoms with Crippen LogP contribution in [0.3, 0.4) is 0 Å². The molecule has 0 atom stereocenters. The first-order chi connectivity index (χ1) is 12.6. The second kappa shape index (κ2) is 8.44. The smallest absolute Gasteiger partial charge is 0.329 e. The molecule has 1 aliphatic carbocycles. The zero-order valence-corrected chi connectivity index (χ0v) is 15.4. The number of amides is 1. The van der Waals surface area contributed by atoms with E-state index in [0.717, 1.165) is 30.6 Å². The molecule has 2 N–H and O–H groups in total. The van der Waals surface area contributed by atoms with Crippen LogP contribution in [-0.4, -0.2) is 32.7 Å². The lowest BCUT2D eigenvalue weighted by atomic mass is 9.90. The van der Waals surface area contributed by atoms with Gasteiger partial charge in [-0.2, -0.15) is 4.98 Å². The van der Waals surface area contributed by atoms with Crippen molar-refractivity contribution in [2.24, 2.45) is 0 Å². The lowest BCUT2D eigenvalue weighted by molar-refractivity contribution is -0.148. The van der Waals surface area contributed by atoms with Gasteiger partial charge in [0.15, 0.2) is 0 Å². The number of aryl methyl sites for hydroxylation is 1. The van der Waals surface area contributed by atoms with E-state index in [2.05, 4.69) is 15.5 Å². The predicted octanol–water partition coefficient (Wildman–Crippen LogP) is 3.41. The molecule has 1 saturated carbocycles. The number of thiophene rings is 1. The largest absolute Gasteiger partial charge is 0.480 e. The highest BCUT2D eigenvalue weighted by molar-refractivity contribution is 7.13. The summed E-state index contributed by atoms with van der Waals surface area (Å²) in [7, 11) is 0. The number of aromatic nitrogens is 2. The Hall–Kier alpha value is -2.22. The first kappa shape index (κ1) is 18.6. The van der Waals surface area contributed by atoms with Crippen molar-refractivity contribution in [3.63, 3.8) is 0 Å². The number of carboxylic acid groups (broad SMARTS) is 1. The van der Waals surface area contributed by atoms with Crippen molar-refractivity contribution >= 4 is 23.2 Å². The van der Waals surface area contributed by atoms with Gasteiger partial charge in [0.25, 0.3) is 0 Å². The maximum Gasteiger partial charge on any atom is 0.329 e. The van der Waals surface area contributed by atoms with Crippen LogP contribution in [0.2, 0.25) is 0 Å². The number of hydrogen-bond acceptors (Lipinski definition) is 6. The number of hydrogen-bond donors (Lipinski definition) is 2. The first-order valence-corrected chi connectivity index (χ1v) is 9.88. The van der Waals surface area contributed by atoms with Crippen LogP contribution in [0, 0.1) is 0 Å². The molecule has 26 heavy (non-hydrogen) atoms. The average molecular weight is 377 g/mol. The number of carbonyl (C=O) groups is 2. The highest BCUT2D eigenvalue weighted by atomic mass is 32.1. The Bertz CT molecular complexity index is 733. The second-order valence-electron chi connectivity index (χ2n) is 6.69. The Morgan fingerprint density at radius 1 is 1.27 bits per heavy atom. The normalized spacial score (nSPS) is 16.8. The van der Waals surface area contributed by atoms with E-state index < -0.39 is 11.5 Å². The highest BCUT2D eigenvalue weighted by Gasteiger charge is 2.39.